The molecule has 0 spiro atoms. The highest BCUT2D eigenvalue weighted by Gasteiger charge is 2.18. The molecule has 0 aliphatic carbocycles. The van der Waals surface area contributed by atoms with Gasteiger partial charge in [-0.05, 0) is 45.4 Å². The predicted octanol–water partition coefficient (Wildman–Crippen LogP) is 2.48. The minimum Gasteiger partial charge on any atom is -0.444 e. The zero-order valence-electron chi connectivity index (χ0n) is 9.86. The quantitative estimate of drug-likeness (QED) is 0.834. The van der Waals surface area contributed by atoms with E-state index in [1.54, 1.807) is 24.5 Å². The van der Waals surface area contributed by atoms with Gasteiger partial charge in [-0.1, -0.05) is 0 Å². The predicted molar refractivity (Wildman–Crippen MR) is 61.7 cm³/mol. The van der Waals surface area contributed by atoms with E-state index in [1.807, 2.05) is 20.8 Å². The maximum Gasteiger partial charge on any atom is 0.408 e. The van der Waals surface area contributed by atoms with Crippen molar-refractivity contribution in [3.05, 3.63) is 37.0 Å². The summed E-state index contributed by atoms with van der Waals surface area (Å²) >= 11 is 0. The van der Waals surface area contributed by atoms with Crippen LogP contribution in [0.1, 0.15) is 32.4 Å². The Balaban J connectivity index is 2.52. The van der Waals surface area contributed by atoms with Crippen molar-refractivity contribution in [2.75, 3.05) is 0 Å². The van der Waals surface area contributed by atoms with Crippen molar-refractivity contribution >= 4 is 6.09 Å². The van der Waals surface area contributed by atoms with Crippen LogP contribution in [-0.4, -0.2) is 16.7 Å². The molecule has 16 heavy (non-hydrogen) atoms. The number of amides is 1. The minimum atomic E-state index is -0.498. The monoisotopic (exact) mass is 221 g/mol. The van der Waals surface area contributed by atoms with Gasteiger partial charge in [0.2, 0.25) is 0 Å². The number of hydrogen-bond acceptors (Lipinski definition) is 3. The summed E-state index contributed by atoms with van der Waals surface area (Å²) in [6.45, 7) is 9.29. The molecular weight excluding hydrogens is 204 g/mol. The molecule has 1 atom stereocenters. The molecule has 4 nitrogen and oxygen atoms in total. The number of rotatable bonds is 2. The molecule has 87 valence electrons. The molecule has 1 radical (unpaired) electrons. The Morgan fingerprint density at radius 3 is 2.50 bits per heavy atom. The Bertz CT molecular complexity index is 344. The van der Waals surface area contributed by atoms with Crippen LogP contribution in [0.15, 0.2) is 24.5 Å². The molecule has 1 aromatic rings. The average molecular weight is 221 g/mol. The van der Waals surface area contributed by atoms with Gasteiger partial charge in [-0.25, -0.2) is 4.79 Å². The van der Waals surface area contributed by atoms with Crippen LogP contribution in [0.2, 0.25) is 0 Å². The number of carbonyl (C=O) groups is 1. The summed E-state index contributed by atoms with van der Waals surface area (Å²) in [4.78, 5) is 15.3. The van der Waals surface area contributed by atoms with Crippen LogP contribution in [0.4, 0.5) is 4.79 Å². The largest absolute Gasteiger partial charge is 0.444 e. The second-order valence-electron chi connectivity index (χ2n) is 4.48. The van der Waals surface area contributed by atoms with Gasteiger partial charge < -0.3 is 10.1 Å². The van der Waals surface area contributed by atoms with E-state index in [-0.39, 0.29) is 6.04 Å². The van der Waals surface area contributed by atoms with Crippen molar-refractivity contribution in [2.24, 2.45) is 0 Å². The smallest absolute Gasteiger partial charge is 0.408 e. The van der Waals surface area contributed by atoms with Gasteiger partial charge in [-0.3, -0.25) is 4.98 Å². The summed E-state index contributed by atoms with van der Waals surface area (Å²) in [5.74, 6) is 0. The topological polar surface area (TPSA) is 51.2 Å². The van der Waals surface area contributed by atoms with Crippen molar-refractivity contribution < 1.29 is 9.53 Å². The zero-order chi connectivity index (χ0) is 12.2. The molecule has 1 rings (SSSR count). The van der Waals surface area contributed by atoms with Gasteiger partial charge in [0.05, 0.1) is 6.04 Å². The van der Waals surface area contributed by atoms with Crippen molar-refractivity contribution in [1.82, 2.24) is 10.3 Å². The van der Waals surface area contributed by atoms with Crippen LogP contribution in [0.25, 0.3) is 0 Å². The molecule has 1 unspecified atom stereocenters. The number of nitrogens with one attached hydrogen (secondary N) is 1. The van der Waals surface area contributed by atoms with E-state index in [0.29, 0.717) is 0 Å². The molecule has 0 bridgehead atoms. The highest BCUT2D eigenvalue weighted by atomic mass is 16.6. The summed E-state index contributed by atoms with van der Waals surface area (Å²) in [7, 11) is 0. The van der Waals surface area contributed by atoms with Crippen molar-refractivity contribution in [2.45, 2.75) is 32.4 Å². The maximum atomic E-state index is 11.5. The van der Waals surface area contributed by atoms with Gasteiger partial charge in [0, 0.05) is 12.4 Å². The van der Waals surface area contributed by atoms with Crippen LogP contribution in [0.5, 0.6) is 0 Å². The summed E-state index contributed by atoms with van der Waals surface area (Å²) in [5.41, 5.74) is 0.392. The highest BCUT2D eigenvalue weighted by Crippen LogP contribution is 2.12. The first kappa shape index (κ1) is 12.5. The first-order chi connectivity index (χ1) is 7.38. The van der Waals surface area contributed by atoms with E-state index in [0.717, 1.165) is 5.56 Å². The molecule has 0 saturated heterocycles. The minimum absolute atomic E-state index is 0.335. The molecule has 1 amide bonds. The number of carbonyl (C=O) groups excluding carboxylic acids is 1. The summed E-state index contributed by atoms with van der Waals surface area (Å²) in [6.07, 6.45) is 2.85. The lowest BCUT2D eigenvalue weighted by molar-refractivity contribution is 0.0513. The van der Waals surface area contributed by atoms with E-state index < -0.39 is 11.7 Å². The van der Waals surface area contributed by atoms with Crippen LogP contribution in [0, 0.1) is 6.92 Å². The molecule has 1 N–H and O–H groups in total. The third kappa shape index (κ3) is 4.29. The summed E-state index contributed by atoms with van der Waals surface area (Å²) in [5, 5.41) is 2.65. The van der Waals surface area contributed by atoms with Crippen molar-refractivity contribution in [3.63, 3.8) is 0 Å². The molecule has 0 aliphatic rings. The molecule has 1 heterocycles. The molecular formula is C12H17N2O2. The normalized spacial score (nSPS) is 13.0. The Morgan fingerprint density at radius 2 is 2.00 bits per heavy atom. The third-order valence-corrected chi connectivity index (χ3v) is 1.80. The number of nitrogens with zero attached hydrogens (tertiary/aromatic N) is 1. The number of ether oxygens (including phenoxy) is 1. The standard InChI is InChI=1S/C12H17N2O2/c1-9(10-5-7-13-8-6-10)14-11(15)16-12(2,3)4/h5-9H,1H2,2-4H3,(H,14,15). The Hall–Kier alpha value is -1.58. The van der Waals surface area contributed by atoms with Crippen molar-refractivity contribution in [3.8, 4) is 0 Å². The van der Waals surface area contributed by atoms with Gasteiger partial charge in [-0.2, -0.15) is 0 Å². The summed E-state index contributed by atoms with van der Waals surface area (Å²) < 4.78 is 5.12. The van der Waals surface area contributed by atoms with Crippen LogP contribution < -0.4 is 5.32 Å². The van der Waals surface area contributed by atoms with Crippen LogP contribution in [-0.2, 0) is 4.74 Å². The van der Waals surface area contributed by atoms with Gasteiger partial charge in [-0.15, -0.1) is 0 Å². The van der Waals surface area contributed by atoms with Crippen molar-refractivity contribution in [1.29, 1.82) is 0 Å². The lowest BCUT2D eigenvalue weighted by atomic mass is 10.1. The number of hydrogen-bond donors (Lipinski definition) is 1. The van der Waals surface area contributed by atoms with Gasteiger partial charge >= 0.3 is 6.09 Å². The lowest BCUT2D eigenvalue weighted by Crippen LogP contribution is -2.34. The zero-order valence-corrected chi connectivity index (χ0v) is 9.86. The van der Waals surface area contributed by atoms with E-state index in [1.165, 1.54) is 0 Å². The molecule has 0 saturated carbocycles. The van der Waals surface area contributed by atoms with E-state index >= 15 is 0 Å². The first-order valence-electron chi connectivity index (χ1n) is 5.11. The summed E-state index contributed by atoms with van der Waals surface area (Å²) in [6, 6.07) is 3.27. The highest BCUT2D eigenvalue weighted by molar-refractivity contribution is 5.68. The Morgan fingerprint density at radius 1 is 1.44 bits per heavy atom. The molecule has 0 aliphatic heterocycles. The second kappa shape index (κ2) is 4.96. The lowest BCUT2D eigenvalue weighted by Gasteiger charge is -2.21. The fourth-order valence-corrected chi connectivity index (χ4v) is 1.13. The number of alkyl carbamates (subject to hydrolysis) is 1. The fourth-order valence-electron chi connectivity index (χ4n) is 1.13. The van der Waals surface area contributed by atoms with Crippen LogP contribution in [0.3, 0.4) is 0 Å². The fraction of sp³-hybridized carbons (Fsp3) is 0.417. The SMILES string of the molecule is [CH2]C(NC(=O)OC(C)(C)C)c1ccncc1. The van der Waals surface area contributed by atoms with E-state index in [9.17, 15) is 4.79 Å². The third-order valence-electron chi connectivity index (χ3n) is 1.80. The molecule has 0 fully saturated rings. The molecule has 4 heteroatoms. The second-order valence-corrected chi connectivity index (χ2v) is 4.48. The maximum absolute atomic E-state index is 11.5. The Kier molecular flexibility index (Phi) is 3.88. The van der Waals surface area contributed by atoms with E-state index in [2.05, 4.69) is 17.2 Å². The van der Waals surface area contributed by atoms with E-state index in [4.69, 9.17) is 4.74 Å². The van der Waals surface area contributed by atoms with Gasteiger partial charge in [0.1, 0.15) is 5.60 Å². The number of aromatic nitrogens is 1. The Labute approximate surface area is 96.0 Å². The average Bonchev–Trinajstić information content (AvgIpc) is 2.16. The van der Waals surface area contributed by atoms with Gasteiger partial charge in [0.25, 0.3) is 0 Å². The molecule has 1 aromatic heterocycles. The first-order valence-corrected chi connectivity index (χ1v) is 5.11. The van der Waals surface area contributed by atoms with Crippen LogP contribution >= 0.6 is 0 Å². The number of pyridine rings is 1. The molecule has 0 aromatic carbocycles. The van der Waals surface area contributed by atoms with Gasteiger partial charge in [0.15, 0.2) is 0 Å².